The van der Waals surface area contributed by atoms with Crippen molar-refractivity contribution in [2.75, 3.05) is 5.73 Å². The van der Waals surface area contributed by atoms with Crippen LogP contribution in [0.15, 0.2) is 29.0 Å². The van der Waals surface area contributed by atoms with E-state index in [9.17, 15) is 0 Å². The van der Waals surface area contributed by atoms with Gasteiger partial charge in [0.25, 0.3) is 0 Å². The number of hydrogen-bond acceptors (Lipinski definition) is 5. The Hall–Kier alpha value is -2.37. The Morgan fingerprint density at radius 1 is 1.35 bits per heavy atom. The molecule has 3 heterocycles. The van der Waals surface area contributed by atoms with E-state index in [4.69, 9.17) is 10.3 Å². The zero-order valence-corrected chi connectivity index (χ0v) is 9.29. The number of imidazole rings is 1. The highest BCUT2D eigenvalue weighted by molar-refractivity contribution is 5.77. The van der Waals surface area contributed by atoms with Crippen molar-refractivity contribution in [3.05, 3.63) is 35.9 Å². The molecule has 0 atom stereocenters. The molecule has 3 aromatic rings. The first-order chi connectivity index (χ1) is 8.25. The van der Waals surface area contributed by atoms with Crippen LogP contribution in [0, 0.1) is 6.92 Å². The summed E-state index contributed by atoms with van der Waals surface area (Å²) in [6.45, 7) is 2.47. The Kier molecular flexibility index (Phi) is 2.07. The lowest BCUT2D eigenvalue weighted by molar-refractivity contribution is 0.378. The van der Waals surface area contributed by atoms with Crippen LogP contribution in [0.1, 0.15) is 11.3 Å². The van der Waals surface area contributed by atoms with Crippen molar-refractivity contribution in [3.63, 3.8) is 0 Å². The first-order valence-corrected chi connectivity index (χ1v) is 5.22. The van der Waals surface area contributed by atoms with Gasteiger partial charge in [0.1, 0.15) is 5.52 Å². The summed E-state index contributed by atoms with van der Waals surface area (Å²) < 4.78 is 6.87. The highest BCUT2D eigenvalue weighted by Gasteiger charge is 2.12. The molecular weight excluding hydrogens is 218 g/mol. The van der Waals surface area contributed by atoms with Crippen LogP contribution in [0.25, 0.3) is 11.2 Å². The van der Waals surface area contributed by atoms with Crippen LogP contribution in [0.2, 0.25) is 0 Å². The van der Waals surface area contributed by atoms with Crippen LogP contribution in [0.4, 0.5) is 5.95 Å². The normalized spacial score (nSPS) is 11.1. The predicted molar refractivity (Wildman–Crippen MR) is 62.3 cm³/mol. The van der Waals surface area contributed by atoms with Crippen LogP contribution in [0.3, 0.4) is 0 Å². The molecule has 3 aromatic heterocycles. The lowest BCUT2D eigenvalue weighted by Gasteiger charge is -2.02. The summed E-state index contributed by atoms with van der Waals surface area (Å²) in [4.78, 5) is 8.61. The smallest absolute Gasteiger partial charge is 0.202 e. The number of aryl methyl sites for hydroxylation is 1. The van der Waals surface area contributed by atoms with Crippen molar-refractivity contribution < 1.29 is 4.52 Å². The van der Waals surface area contributed by atoms with Crippen molar-refractivity contribution in [1.29, 1.82) is 0 Å². The summed E-state index contributed by atoms with van der Waals surface area (Å²) >= 11 is 0. The zero-order valence-electron chi connectivity index (χ0n) is 9.29. The lowest BCUT2D eigenvalue weighted by Crippen LogP contribution is -2.04. The molecule has 0 fully saturated rings. The summed E-state index contributed by atoms with van der Waals surface area (Å²) in [5, 5.41) is 3.66. The Bertz CT molecular complexity index is 656. The molecule has 0 aromatic carbocycles. The average molecular weight is 229 g/mol. The van der Waals surface area contributed by atoms with E-state index in [2.05, 4.69) is 15.1 Å². The van der Waals surface area contributed by atoms with Crippen LogP contribution in [-0.4, -0.2) is 19.7 Å². The molecule has 0 bridgehead atoms. The number of nitrogen functional groups attached to an aromatic ring is 1. The fourth-order valence-electron chi connectivity index (χ4n) is 1.79. The molecule has 0 radical (unpaired) electrons. The van der Waals surface area contributed by atoms with E-state index < -0.39 is 0 Å². The van der Waals surface area contributed by atoms with Crippen molar-refractivity contribution in [2.24, 2.45) is 0 Å². The zero-order chi connectivity index (χ0) is 11.8. The molecule has 0 saturated heterocycles. The first-order valence-electron chi connectivity index (χ1n) is 5.22. The van der Waals surface area contributed by atoms with Gasteiger partial charge in [-0.05, 0) is 18.6 Å². The number of hydrogen-bond donors (Lipinski definition) is 1. The maximum Gasteiger partial charge on any atom is 0.202 e. The molecule has 0 spiro atoms. The summed E-state index contributed by atoms with van der Waals surface area (Å²) in [5.74, 6) is 1.15. The van der Waals surface area contributed by atoms with Gasteiger partial charge in [-0.1, -0.05) is 5.16 Å². The second kappa shape index (κ2) is 3.58. The summed E-state index contributed by atoms with van der Waals surface area (Å²) in [6.07, 6.45) is 3.35. The Morgan fingerprint density at radius 3 is 3.00 bits per heavy atom. The molecule has 0 aliphatic carbocycles. The highest BCUT2D eigenvalue weighted by Crippen LogP contribution is 2.19. The number of anilines is 1. The van der Waals surface area contributed by atoms with Crippen molar-refractivity contribution in [3.8, 4) is 0 Å². The lowest BCUT2D eigenvalue weighted by atomic mass is 10.3. The average Bonchev–Trinajstić information content (AvgIpc) is 2.91. The van der Waals surface area contributed by atoms with Crippen molar-refractivity contribution in [2.45, 2.75) is 13.5 Å². The molecule has 6 heteroatoms. The maximum absolute atomic E-state index is 5.89. The van der Waals surface area contributed by atoms with E-state index in [1.807, 2.05) is 17.6 Å². The Morgan fingerprint density at radius 2 is 2.24 bits per heavy atom. The third-order valence-electron chi connectivity index (χ3n) is 2.67. The second-order valence-corrected chi connectivity index (χ2v) is 3.83. The Balaban J connectivity index is 2.16. The second-order valence-electron chi connectivity index (χ2n) is 3.83. The van der Waals surface area contributed by atoms with Gasteiger partial charge in [0.15, 0.2) is 11.4 Å². The van der Waals surface area contributed by atoms with Gasteiger partial charge in [-0.15, -0.1) is 0 Å². The molecule has 3 rings (SSSR count). The topological polar surface area (TPSA) is 82.8 Å². The highest BCUT2D eigenvalue weighted by atomic mass is 16.5. The molecule has 0 saturated carbocycles. The van der Waals surface area contributed by atoms with Crippen LogP contribution < -0.4 is 5.73 Å². The number of nitrogens with zero attached hydrogens (tertiary/aromatic N) is 4. The fraction of sp³-hybridized carbons (Fsp3) is 0.182. The number of pyridine rings is 1. The standard InChI is InChI=1S/C11H11N5O/c1-7-2-4-13-10-9(7)15-11(12)16(10)6-8-3-5-14-17-8/h2-5H,6H2,1H3,(H2,12,15). The quantitative estimate of drug-likeness (QED) is 0.717. The van der Waals surface area contributed by atoms with Gasteiger partial charge >= 0.3 is 0 Å². The number of aromatic nitrogens is 4. The number of rotatable bonds is 2. The Labute approximate surface area is 97.1 Å². The fourth-order valence-corrected chi connectivity index (χ4v) is 1.79. The summed E-state index contributed by atoms with van der Waals surface area (Å²) in [6, 6.07) is 3.70. The summed E-state index contributed by atoms with van der Waals surface area (Å²) in [7, 11) is 0. The SMILES string of the molecule is Cc1ccnc2c1nc(N)n2Cc1ccno1. The van der Waals surface area contributed by atoms with E-state index in [1.165, 1.54) is 0 Å². The van der Waals surface area contributed by atoms with Gasteiger partial charge in [-0.3, -0.25) is 4.57 Å². The summed E-state index contributed by atoms with van der Waals surface area (Å²) in [5.41, 5.74) is 8.53. The van der Waals surface area contributed by atoms with E-state index >= 15 is 0 Å². The van der Waals surface area contributed by atoms with E-state index in [-0.39, 0.29) is 0 Å². The van der Waals surface area contributed by atoms with Gasteiger partial charge < -0.3 is 10.3 Å². The molecule has 86 valence electrons. The molecule has 17 heavy (non-hydrogen) atoms. The maximum atomic E-state index is 5.89. The third kappa shape index (κ3) is 1.54. The molecular formula is C11H11N5O. The van der Waals surface area contributed by atoms with E-state index in [0.29, 0.717) is 12.5 Å². The molecule has 2 N–H and O–H groups in total. The van der Waals surface area contributed by atoms with Gasteiger partial charge in [0.2, 0.25) is 5.95 Å². The minimum Gasteiger partial charge on any atom is -0.369 e. The van der Waals surface area contributed by atoms with Crippen LogP contribution >= 0.6 is 0 Å². The monoisotopic (exact) mass is 229 g/mol. The molecule has 0 amide bonds. The number of fused-ring (bicyclic) bond motifs is 1. The largest absolute Gasteiger partial charge is 0.369 e. The molecule has 0 aliphatic rings. The van der Waals surface area contributed by atoms with Gasteiger partial charge in [-0.25, -0.2) is 9.97 Å². The third-order valence-corrected chi connectivity index (χ3v) is 2.67. The van der Waals surface area contributed by atoms with Gasteiger partial charge in [0.05, 0.1) is 12.7 Å². The van der Waals surface area contributed by atoms with Crippen LogP contribution in [-0.2, 0) is 6.54 Å². The van der Waals surface area contributed by atoms with Crippen molar-refractivity contribution in [1.82, 2.24) is 19.7 Å². The molecule has 6 nitrogen and oxygen atoms in total. The molecule has 0 aliphatic heterocycles. The van der Waals surface area contributed by atoms with Crippen LogP contribution in [0.5, 0.6) is 0 Å². The van der Waals surface area contributed by atoms with Gasteiger partial charge in [-0.2, -0.15) is 0 Å². The minimum absolute atomic E-state index is 0.429. The number of nitrogens with two attached hydrogens (primary N) is 1. The van der Waals surface area contributed by atoms with E-state index in [0.717, 1.165) is 22.5 Å². The van der Waals surface area contributed by atoms with Crippen molar-refractivity contribution >= 4 is 17.1 Å². The molecule has 0 unspecified atom stereocenters. The van der Waals surface area contributed by atoms with E-state index in [1.54, 1.807) is 18.5 Å². The van der Waals surface area contributed by atoms with Gasteiger partial charge in [0, 0.05) is 12.3 Å². The predicted octanol–water partition coefficient (Wildman–Crippen LogP) is 1.36. The first kappa shape index (κ1) is 9.83. The minimum atomic E-state index is 0.429.